The molecule has 4 heavy (non-hydrogen) atoms. The second-order valence-electron chi connectivity index (χ2n) is 0. The molecule has 3 radical (unpaired) electrons. The smallest absolute Gasteiger partial charge is 0 e. The zero-order valence-electron chi connectivity index (χ0n) is 2.03. The minimum Gasteiger partial charge on any atom is 0 e. The van der Waals surface area contributed by atoms with Crippen molar-refractivity contribution in [2.75, 3.05) is 0 Å². The van der Waals surface area contributed by atoms with E-state index in [1.54, 1.807) is 0 Å². The normalized spacial score (nSPS) is 0. The second-order valence-corrected chi connectivity index (χ2v) is 0. The second kappa shape index (κ2) is 15.7. The summed E-state index contributed by atoms with van der Waals surface area (Å²) in [6.45, 7) is 0. The van der Waals surface area contributed by atoms with Crippen LogP contribution < -0.4 is 0 Å². The van der Waals surface area contributed by atoms with Gasteiger partial charge in [-0.15, -0.1) is 0 Å². The molecule has 0 N–H and O–H groups in total. The van der Waals surface area contributed by atoms with E-state index in [-0.39, 0.29) is 127 Å². The van der Waals surface area contributed by atoms with Gasteiger partial charge in [-0.2, -0.15) is 0 Å². The van der Waals surface area contributed by atoms with Gasteiger partial charge < -0.3 is 0 Å². The third-order valence-electron chi connectivity index (χ3n) is 0. The molecule has 0 aromatic carbocycles. The molecule has 0 aliphatic rings. The molecule has 0 heterocycles. The standard InChI is InChI=1S/Ce.La.Mn.Y. The monoisotopic (exact) mass is 423 g/mol. The molecule has 0 nitrogen and oxygen atoms in total. The summed E-state index contributed by atoms with van der Waals surface area (Å²) in [5.41, 5.74) is 0. The number of hydrogen-bond donors (Lipinski definition) is 0. The van der Waals surface area contributed by atoms with Crippen LogP contribution in [0.2, 0.25) is 0 Å². The van der Waals surface area contributed by atoms with Crippen molar-refractivity contribution in [3.8, 4) is 0 Å². The summed E-state index contributed by atoms with van der Waals surface area (Å²) in [6, 6.07) is 0. The first-order valence-electron chi connectivity index (χ1n) is 0. The maximum atomic E-state index is 0. The van der Waals surface area contributed by atoms with Crippen LogP contribution in [0.25, 0.3) is 0 Å². The maximum absolute atomic E-state index is 0. The fourth-order valence-electron chi connectivity index (χ4n) is 0. The minimum atomic E-state index is 0. The Bertz CT molecular complexity index is 8.00. The third-order valence-corrected chi connectivity index (χ3v) is 0. The Morgan fingerprint density at radius 1 is 1.00 bits per heavy atom. The molecule has 0 aromatic rings. The van der Waals surface area contributed by atoms with Crippen molar-refractivity contribution in [1.82, 2.24) is 0 Å². The van der Waals surface area contributed by atoms with Crippen molar-refractivity contribution in [1.29, 1.82) is 0 Å². The Hall–Kier alpha value is 4.19. The largest absolute Gasteiger partial charge is 0 e. The van der Waals surface area contributed by atoms with Crippen LogP contribution in [0.15, 0.2) is 0 Å². The van der Waals surface area contributed by atoms with E-state index in [1.165, 1.54) is 0 Å². The number of hydrogen-bond acceptors (Lipinski definition) is 0. The molecule has 0 bridgehead atoms. The van der Waals surface area contributed by atoms with Crippen molar-refractivity contribution in [2.45, 2.75) is 0 Å². The summed E-state index contributed by atoms with van der Waals surface area (Å²) >= 11 is 0. The SMILES string of the molecule is [Ce].[La].[Mn].[Y]. The third kappa shape index (κ3) is 9.50. The Kier molecular flexibility index (Phi) is 94.6. The molecule has 0 atom stereocenters. The average molecular weight is 423 g/mol. The van der Waals surface area contributed by atoms with E-state index in [4.69, 9.17) is 0 Å². The van der Waals surface area contributed by atoms with Crippen LogP contribution in [-0.2, 0) is 49.8 Å². The molecule has 0 saturated heterocycles. The first kappa shape index (κ1) is 24.1. The molecule has 0 rings (SSSR count). The zero-order valence-corrected chi connectivity index (χ0v) is 12.8. The predicted octanol–water partition coefficient (Wildman–Crippen LogP) is -0.00500. The topological polar surface area (TPSA) is 0 Å². The van der Waals surface area contributed by atoms with E-state index in [0.29, 0.717) is 0 Å². The van der Waals surface area contributed by atoms with E-state index in [1.807, 2.05) is 0 Å². The predicted molar refractivity (Wildman–Crippen MR) is 0 cm³/mol. The van der Waals surface area contributed by atoms with E-state index >= 15 is 0 Å². The van der Waals surface area contributed by atoms with Gasteiger partial charge in [-0.1, -0.05) is 0 Å². The summed E-state index contributed by atoms with van der Waals surface area (Å²) in [4.78, 5) is 0. The Balaban J connectivity index is 0. The first-order chi connectivity index (χ1) is 0. The molecule has 0 spiro atoms. The quantitative estimate of drug-likeness (QED) is 0.482. The summed E-state index contributed by atoms with van der Waals surface area (Å²) in [5, 5.41) is 0. The summed E-state index contributed by atoms with van der Waals surface area (Å²) in [6.07, 6.45) is 0. The fourth-order valence-corrected chi connectivity index (χ4v) is 0. The van der Waals surface area contributed by atoms with Crippen molar-refractivity contribution in [3.63, 3.8) is 0 Å². The van der Waals surface area contributed by atoms with Crippen LogP contribution in [0, 0.1) is 77.3 Å². The minimum absolute atomic E-state index is 0. The summed E-state index contributed by atoms with van der Waals surface area (Å²) in [7, 11) is 0. The van der Waals surface area contributed by atoms with Gasteiger partial charge >= 0.3 is 0 Å². The maximum Gasteiger partial charge on any atom is 0 e. The van der Waals surface area contributed by atoms with Crippen molar-refractivity contribution < 1.29 is 127 Å². The number of rotatable bonds is 0. The molecule has 0 aliphatic heterocycles. The zero-order chi connectivity index (χ0) is 0. The van der Waals surface area contributed by atoms with Crippen LogP contribution in [-0.4, -0.2) is 0 Å². The van der Waals surface area contributed by atoms with Gasteiger partial charge in [0.1, 0.15) is 0 Å². The van der Waals surface area contributed by atoms with E-state index in [9.17, 15) is 0 Å². The molecule has 0 unspecified atom stereocenters. The Morgan fingerprint density at radius 2 is 1.00 bits per heavy atom. The van der Waals surface area contributed by atoms with Gasteiger partial charge in [-0.05, 0) is 0 Å². The summed E-state index contributed by atoms with van der Waals surface area (Å²) in [5.74, 6) is 0. The van der Waals surface area contributed by atoms with Gasteiger partial charge in [-0.3, -0.25) is 0 Å². The van der Waals surface area contributed by atoms with Crippen LogP contribution in [0.4, 0.5) is 0 Å². The van der Waals surface area contributed by atoms with Gasteiger partial charge in [0.25, 0.3) is 0 Å². The molecular weight excluding hydrogens is 423 g/mol. The van der Waals surface area contributed by atoms with E-state index in [0.717, 1.165) is 0 Å². The Morgan fingerprint density at radius 3 is 1.00 bits per heavy atom. The molecule has 0 aliphatic carbocycles. The average Bonchev–Trinajstić information content (AvgIpc) is 0. The van der Waals surface area contributed by atoms with E-state index in [2.05, 4.69) is 0 Å². The van der Waals surface area contributed by atoms with Gasteiger partial charge in [-0.25, -0.2) is 0 Å². The molecule has 4 heteroatoms. The molecule has 0 aromatic heterocycles. The molecule has 17 valence electrons. The first-order valence-corrected chi connectivity index (χ1v) is 0. The molecular formula is CeLaMnY. The van der Waals surface area contributed by atoms with Crippen molar-refractivity contribution in [3.05, 3.63) is 0 Å². The summed E-state index contributed by atoms with van der Waals surface area (Å²) < 4.78 is 0. The van der Waals surface area contributed by atoms with Gasteiger partial charge in [0, 0.05) is 127 Å². The molecule has 0 amide bonds. The van der Waals surface area contributed by atoms with Crippen molar-refractivity contribution >= 4 is 0 Å². The Labute approximate surface area is 123 Å². The van der Waals surface area contributed by atoms with Crippen LogP contribution in [0.5, 0.6) is 0 Å². The van der Waals surface area contributed by atoms with Gasteiger partial charge in [0.15, 0.2) is 0 Å². The molecule has 0 saturated carbocycles. The molecule has 0 fully saturated rings. The van der Waals surface area contributed by atoms with Crippen LogP contribution >= 0.6 is 0 Å². The fraction of sp³-hybridized carbons (Fsp3) is 0. The van der Waals surface area contributed by atoms with Gasteiger partial charge in [0.2, 0.25) is 0 Å². The van der Waals surface area contributed by atoms with Crippen molar-refractivity contribution in [2.24, 2.45) is 0 Å². The van der Waals surface area contributed by atoms with E-state index < -0.39 is 0 Å². The van der Waals surface area contributed by atoms with Gasteiger partial charge in [0.05, 0.1) is 0 Å². The van der Waals surface area contributed by atoms with Crippen LogP contribution in [0.1, 0.15) is 0 Å². The van der Waals surface area contributed by atoms with Crippen LogP contribution in [0.3, 0.4) is 0 Å².